The van der Waals surface area contributed by atoms with Crippen molar-refractivity contribution in [2.75, 3.05) is 18.0 Å². The van der Waals surface area contributed by atoms with Gasteiger partial charge in [0.15, 0.2) is 0 Å². The number of carbonyl (C=O) groups excluding carboxylic acids is 1. The van der Waals surface area contributed by atoms with E-state index in [2.05, 4.69) is 27.2 Å². The van der Waals surface area contributed by atoms with E-state index in [0.29, 0.717) is 0 Å². The molecule has 0 N–H and O–H groups in total. The fraction of sp³-hybridized carbons (Fsp3) is 0.462. The molecule has 1 saturated heterocycles. The summed E-state index contributed by atoms with van der Waals surface area (Å²) >= 11 is 1.69. The number of aryl methyl sites for hydroxylation is 1. The van der Waals surface area contributed by atoms with Gasteiger partial charge in [-0.25, -0.2) is 9.97 Å². The van der Waals surface area contributed by atoms with Crippen LogP contribution in [0, 0.1) is 12.8 Å². The van der Waals surface area contributed by atoms with Crippen LogP contribution < -0.4 is 4.90 Å². The Morgan fingerprint density at radius 3 is 3.22 bits per heavy atom. The monoisotopic (exact) mass is 261 g/mol. The highest BCUT2D eigenvalue weighted by atomic mass is 32.1. The Hall–Kier alpha value is -1.49. The van der Waals surface area contributed by atoms with E-state index in [1.54, 1.807) is 17.7 Å². The van der Waals surface area contributed by atoms with Crippen molar-refractivity contribution in [1.29, 1.82) is 0 Å². The Balaban J connectivity index is 2.00. The summed E-state index contributed by atoms with van der Waals surface area (Å²) in [5, 5.41) is 2.12. The summed E-state index contributed by atoms with van der Waals surface area (Å²) in [6, 6.07) is 0. The van der Waals surface area contributed by atoms with Crippen molar-refractivity contribution in [2.24, 2.45) is 5.92 Å². The third-order valence-electron chi connectivity index (χ3n) is 3.46. The van der Waals surface area contributed by atoms with E-state index in [0.717, 1.165) is 48.3 Å². The molecule has 1 atom stereocenters. The van der Waals surface area contributed by atoms with Gasteiger partial charge in [0.25, 0.3) is 0 Å². The standard InChI is InChI=1S/C13H15N3OS/c1-9-7-18-12-11(9)14-8-15-13(12)16-4-2-3-10(5-16)6-17/h6-8,10H,2-5H2,1H3. The van der Waals surface area contributed by atoms with Crippen molar-refractivity contribution >= 4 is 33.7 Å². The zero-order valence-corrected chi connectivity index (χ0v) is 11.1. The molecule has 0 radical (unpaired) electrons. The number of fused-ring (bicyclic) bond motifs is 1. The SMILES string of the molecule is Cc1csc2c(N3CCCC(C=O)C3)ncnc12. The van der Waals surface area contributed by atoms with E-state index in [-0.39, 0.29) is 5.92 Å². The van der Waals surface area contributed by atoms with Crippen molar-refractivity contribution in [3.05, 3.63) is 17.3 Å². The Labute approximate surface area is 110 Å². The number of piperidine rings is 1. The molecule has 0 amide bonds. The maximum atomic E-state index is 10.9. The van der Waals surface area contributed by atoms with Crippen molar-refractivity contribution in [3.8, 4) is 0 Å². The molecule has 2 aromatic heterocycles. The molecule has 2 aromatic rings. The van der Waals surface area contributed by atoms with E-state index in [9.17, 15) is 4.79 Å². The van der Waals surface area contributed by atoms with Crippen molar-refractivity contribution in [2.45, 2.75) is 19.8 Å². The van der Waals surface area contributed by atoms with Crippen LogP contribution >= 0.6 is 11.3 Å². The fourth-order valence-corrected chi connectivity index (χ4v) is 3.51. The number of carbonyl (C=O) groups is 1. The Morgan fingerprint density at radius 2 is 2.39 bits per heavy atom. The fourth-order valence-electron chi connectivity index (χ4n) is 2.50. The van der Waals surface area contributed by atoms with Gasteiger partial charge in [0.1, 0.15) is 18.4 Å². The Kier molecular flexibility index (Phi) is 2.99. The predicted molar refractivity (Wildman–Crippen MR) is 73.2 cm³/mol. The number of aromatic nitrogens is 2. The number of aldehydes is 1. The minimum absolute atomic E-state index is 0.143. The normalized spacial score (nSPS) is 20.3. The van der Waals surface area contributed by atoms with Gasteiger partial charge in [-0.3, -0.25) is 0 Å². The number of nitrogens with zero attached hydrogens (tertiary/aromatic N) is 3. The molecule has 1 unspecified atom stereocenters. The molecule has 1 aliphatic rings. The zero-order valence-electron chi connectivity index (χ0n) is 10.3. The van der Waals surface area contributed by atoms with E-state index in [1.807, 2.05) is 0 Å². The van der Waals surface area contributed by atoms with Gasteiger partial charge in [-0.05, 0) is 30.7 Å². The van der Waals surface area contributed by atoms with Gasteiger partial charge in [-0.2, -0.15) is 0 Å². The molecule has 0 saturated carbocycles. The van der Waals surface area contributed by atoms with Crippen molar-refractivity contribution < 1.29 is 4.79 Å². The van der Waals surface area contributed by atoms with E-state index < -0.39 is 0 Å². The predicted octanol–water partition coefficient (Wildman–Crippen LogP) is 2.42. The minimum Gasteiger partial charge on any atom is -0.355 e. The highest BCUT2D eigenvalue weighted by molar-refractivity contribution is 7.18. The highest BCUT2D eigenvalue weighted by Crippen LogP contribution is 2.32. The van der Waals surface area contributed by atoms with Crippen LogP contribution in [0.4, 0.5) is 5.82 Å². The Bertz CT molecular complexity index is 581. The summed E-state index contributed by atoms with van der Waals surface area (Å²) < 4.78 is 1.14. The quantitative estimate of drug-likeness (QED) is 0.779. The zero-order chi connectivity index (χ0) is 12.5. The average Bonchev–Trinajstić information content (AvgIpc) is 2.81. The van der Waals surface area contributed by atoms with Crippen LogP contribution in [0.1, 0.15) is 18.4 Å². The third kappa shape index (κ3) is 1.88. The molecule has 3 heterocycles. The summed E-state index contributed by atoms with van der Waals surface area (Å²) in [6.45, 7) is 3.83. The molecule has 94 valence electrons. The molecule has 0 aromatic carbocycles. The van der Waals surface area contributed by atoms with Gasteiger partial charge in [0.2, 0.25) is 0 Å². The lowest BCUT2D eigenvalue weighted by atomic mass is 10.00. The molecular formula is C13H15N3OS. The summed E-state index contributed by atoms with van der Waals surface area (Å²) in [4.78, 5) is 21.9. The van der Waals surface area contributed by atoms with Crippen LogP contribution in [-0.2, 0) is 4.79 Å². The minimum atomic E-state index is 0.143. The van der Waals surface area contributed by atoms with Gasteiger partial charge in [0.05, 0.1) is 10.2 Å². The number of thiophene rings is 1. The van der Waals surface area contributed by atoms with Gasteiger partial charge in [-0.15, -0.1) is 11.3 Å². The van der Waals surface area contributed by atoms with Gasteiger partial charge < -0.3 is 9.69 Å². The first-order chi connectivity index (χ1) is 8.79. The number of rotatable bonds is 2. The summed E-state index contributed by atoms with van der Waals surface area (Å²) in [6.07, 6.45) is 4.75. The second kappa shape index (κ2) is 4.65. The second-order valence-electron chi connectivity index (χ2n) is 4.78. The van der Waals surface area contributed by atoms with Crippen LogP contribution in [0.2, 0.25) is 0 Å². The van der Waals surface area contributed by atoms with Crippen LogP contribution in [0.25, 0.3) is 10.2 Å². The molecule has 0 aliphatic carbocycles. The topological polar surface area (TPSA) is 46.1 Å². The van der Waals surface area contributed by atoms with Gasteiger partial charge >= 0.3 is 0 Å². The van der Waals surface area contributed by atoms with E-state index in [4.69, 9.17) is 0 Å². The molecule has 0 bridgehead atoms. The molecule has 3 rings (SSSR count). The lowest BCUT2D eigenvalue weighted by Crippen LogP contribution is -2.36. The number of hydrogen-bond acceptors (Lipinski definition) is 5. The van der Waals surface area contributed by atoms with Crippen LogP contribution in [0.15, 0.2) is 11.7 Å². The van der Waals surface area contributed by atoms with E-state index in [1.165, 1.54) is 5.56 Å². The van der Waals surface area contributed by atoms with E-state index >= 15 is 0 Å². The van der Waals surface area contributed by atoms with Crippen LogP contribution in [-0.4, -0.2) is 29.3 Å². The number of hydrogen-bond donors (Lipinski definition) is 0. The maximum Gasteiger partial charge on any atom is 0.150 e. The number of anilines is 1. The Morgan fingerprint density at radius 1 is 1.50 bits per heavy atom. The largest absolute Gasteiger partial charge is 0.355 e. The second-order valence-corrected chi connectivity index (χ2v) is 5.66. The molecular weight excluding hydrogens is 246 g/mol. The first kappa shape index (κ1) is 11.6. The molecule has 1 fully saturated rings. The first-order valence-electron chi connectivity index (χ1n) is 6.18. The molecule has 5 heteroatoms. The molecule has 0 spiro atoms. The van der Waals surface area contributed by atoms with Gasteiger partial charge in [0, 0.05) is 19.0 Å². The van der Waals surface area contributed by atoms with Crippen LogP contribution in [0.3, 0.4) is 0 Å². The van der Waals surface area contributed by atoms with Gasteiger partial charge in [-0.1, -0.05) is 0 Å². The van der Waals surface area contributed by atoms with Crippen LogP contribution in [0.5, 0.6) is 0 Å². The third-order valence-corrected chi connectivity index (χ3v) is 4.54. The molecule has 1 aliphatic heterocycles. The first-order valence-corrected chi connectivity index (χ1v) is 7.06. The lowest BCUT2D eigenvalue weighted by molar-refractivity contribution is -0.111. The summed E-state index contributed by atoms with van der Waals surface area (Å²) in [5.41, 5.74) is 2.24. The van der Waals surface area contributed by atoms with Crippen molar-refractivity contribution in [3.63, 3.8) is 0 Å². The summed E-state index contributed by atoms with van der Waals surface area (Å²) in [7, 11) is 0. The highest BCUT2D eigenvalue weighted by Gasteiger charge is 2.22. The summed E-state index contributed by atoms with van der Waals surface area (Å²) in [5.74, 6) is 1.13. The lowest BCUT2D eigenvalue weighted by Gasteiger charge is -2.31. The molecule has 4 nitrogen and oxygen atoms in total. The smallest absolute Gasteiger partial charge is 0.150 e. The maximum absolute atomic E-state index is 10.9. The molecule has 18 heavy (non-hydrogen) atoms. The van der Waals surface area contributed by atoms with Crippen molar-refractivity contribution in [1.82, 2.24) is 9.97 Å². The average molecular weight is 261 g/mol.